The molecule has 1 heterocycles. The highest BCUT2D eigenvalue weighted by Gasteiger charge is 2.12. The molecule has 18 heavy (non-hydrogen) atoms. The van der Waals surface area contributed by atoms with Gasteiger partial charge < -0.3 is 5.32 Å². The second-order valence-corrected chi connectivity index (χ2v) is 4.29. The quantitative estimate of drug-likeness (QED) is 0.928. The molecule has 0 amide bonds. The zero-order valence-corrected chi connectivity index (χ0v) is 10.7. The van der Waals surface area contributed by atoms with Gasteiger partial charge >= 0.3 is 0 Å². The van der Waals surface area contributed by atoms with Gasteiger partial charge in [-0.25, -0.2) is 8.78 Å². The van der Waals surface area contributed by atoms with Crippen LogP contribution in [0.1, 0.15) is 11.3 Å². The first kappa shape index (κ1) is 12.8. The summed E-state index contributed by atoms with van der Waals surface area (Å²) in [6, 6.07) is 3.99. The van der Waals surface area contributed by atoms with E-state index in [4.69, 9.17) is 11.6 Å². The maximum Gasteiger partial charge on any atom is 0.181 e. The van der Waals surface area contributed by atoms with E-state index in [0.717, 1.165) is 17.3 Å². The van der Waals surface area contributed by atoms with E-state index in [1.807, 2.05) is 6.92 Å². The fourth-order valence-corrected chi connectivity index (χ4v) is 1.94. The molecule has 0 radical (unpaired) electrons. The Balaban J connectivity index is 2.19. The second-order valence-electron chi connectivity index (χ2n) is 3.93. The number of hydrogen-bond acceptors (Lipinski definition) is 2. The molecule has 1 aromatic carbocycles. The first-order valence-electron chi connectivity index (χ1n) is 5.36. The van der Waals surface area contributed by atoms with Gasteiger partial charge in [-0.05, 0) is 19.1 Å². The van der Waals surface area contributed by atoms with Gasteiger partial charge in [-0.1, -0.05) is 17.7 Å². The van der Waals surface area contributed by atoms with E-state index in [9.17, 15) is 8.78 Å². The van der Waals surface area contributed by atoms with Gasteiger partial charge in [-0.15, -0.1) is 0 Å². The number of anilines is 1. The molecule has 0 atom stereocenters. The van der Waals surface area contributed by atoms with E-state index in [2.05, 4.69) is 10.4 Å². The second kappa shape index (κ2) is 4.94. The Labute approximate surface area is 108 Å². The molecule has 3 nitrogen and oxygen atoms in total. The fourth-order valence-electron chi connectivity index (χ4n) is 1.70. The van der Waals surface area contributed by atoms with Crippen molar-refractivity contribution in [3.8, 4) is 0 Å². The van der Waals surface area contributed by atoms with Gasteiger partial charge in [0.25, 0.3) is 0 Å². The molecule has 96 valence electrons. The standard InChI is InChI=1S/C12H12ClF2N3/c1-7-8(12(13)18(2)17-7)6-16-10-5-3-4-9(14)11(10)15/h3-5,16H,6H2,1-2H3. The van der Waals surface area contributed by atoms with Crippen LogP contribution in [0.3, 0.4) is 0 Å². The predicted octanol–water partition coefficient (Wildman–Crippen LogP) is 3.27. The van der Waals surface area contributed by atoms with Crippen LogP contribution in [0.2, 0.25) is 5.15 Å². The van der Waals surface area contributed by atoms with Crippen molar-refractivity contribution in [2.24, 2.45) is 7.05 Å². The Morgan fingerprint density at radius 2 is 2.11 bits per heavy atom. The Kier molecular flexibility index (Phi) is 3.52. The molecule has 0 saturated heterocycles. The largest absolute Gasteiger partial charge is 0.378 e. The van der Waals surface area contributed by atoms with Crippen LogP contribution in [0.25, 0.3) is 0 Å². The first-order chi connectivity index (χ1) is 8.50. The monoisotopic (exact) mass is 271 g/mol. The van der Waals surface area contributed by atoms with Crippen molar-refractivity contribution in [2.45, 2.75) is 13.5 Å². The van der Waals surface area contributed by atoms with E-state index < -0.39 is 11.6 Å². The lowest BCUT2D eigenvalue weighted by molar-refractivity contribution is 0.511. The highest BCUT2D eigenvalue weighted by molar-refractivity contribution is 6.30. The Bertz CT molecular complexity index is 581. The number of aromatic nitrogens is 2. The summed E-state index contributed by atoms with van der Waals surface area (Å²) in [7, 11) is 1.72. The SMILES string of the molecule is Cc1nn(C)c(Cl)c1CNc1cccc(F)c1F. The summed E-state index contributed by atoms with van der Waals surface area (Å²) in [5, 5.41) is 7.44. The summed E-state index contributed by atoms with van der Waals surface area (Å²) in [4.78, 5) is 0. The average molecular weight is 272 g/mol. The van der Waals surface area contributed by atoms with Crippen molar-refractivity contribution in [2.75, 3.05) is 5.32 Å². The molecule has 0 unspecified atom stereocenters. The van der Waals surface area contributed by atoms with Gasteiger partial charge in [-0.2, -0.15) is 5.10 Å². The normalized spacial score (nSPS) is 10.7. The minimum atomic E-state index is -0.893. The van der Waals surface area contributed by atoms with Crippen molar-refractivity contribution in [3.63, 3.8) is 0 Å². The van der Waals surface area contributed by atoms with Crippen molar-refractivity contribution >= 4 is 17.3 Å². The number of aryl methyl sites for hydroxylation is 2. The molecule has 1 N–H and O–H groups in total. The topological polar surface area (TPSA) is 29.9 Å². The zero-order valence-electron chi connectivity index (χ0n) is 9.97. The lowest BCUT2D eigenvalue weighted by atomic mass is 10.2. The lowest BCUT2D eigenvalue weighted by Gasteiger charge is -2.07. The summed E-state index contributed by atoms with van der Waals surface area (Å²) in [6.07, 6.45) is 0. The molecule has 0 aliphatic rings. The van der Waals surface area contributed by atoms with Crippen LogP contribution in [-0.2, 0) is 13.6 Å². The number of halogens is 3. The molecule has 0 saturated carbocycles. The highest BCUT2D eigenvalue weighted by atomic mass is 35.5. The number of nitrogens with one attached hydrogen (secondary N) is 1. The van der Waals surface area contributed by atoms with E-state index in [0.29, 0.717) is 11.7 Å². The van der Waals surface area contributed by atoms with Crippen LogP contribution in [0, 0.1) is 18.6 Å². The molecule has 0 aliphatic heterocycles. The van der Waals surface area contributed by atoms with E-state index in [-0.39, 0.29) is 5.69 Å². The van der Waals surface area contributed by atoms with Crippen molar-refractivity contribution in [1.82, 2.24) is 9.78 Å². The minimum Gasteiger partial charge on any atom is -0.378 e. The Hall–Kier alpha value is -1.62. The molecular weight excluding hydrogens is 260 g/mol. The van der Waals surface area contributed by atoms with Crippen LogP contribution >= 0.6 is 11.6 Å². The number of rotatable bonds is 3. The van der Waals surface area contributed by atoms with Gasteiger partial charge in [0.05, 0.1) is 11.4 Å². The molecule has 1 aromatic heterocycles. The molecular formula is C12H12ClF2N3. The summed E-state index contributed by atoms with van der Waals surface area (Å²) in [6.45, 7) is 2.10. The number of nitrogens with zero attached hydrogens (tertiary/aromatic N) is 2. The van der Waals surface area contributed by atoms with Gasteiger partial charge in [0.15, 0.2) is 11.6 Å². The predicted molar refractivity (Wildman–Crippen MR) is 66.6 cm³/mol. The smallest absolute Gasteiger partial charge is 0.181 e. The number of hydrogen-bond donors (Lipinski definition) is 1. The maximum atomic E-state index is 13.4. The molecule has 0 spiro atoms. The van der Waals surface area contributed by atoms with E-state index >= 15 is 0 Å². The fraction of sp³-hybridized carbons (Fsp3) is 0.250. The van der Waals surface area contributed by atoms with Crippen molar-refractivity contribution in [1.29, 1.82) is 0 Å². The van der Waals surface area contributed by atoms with Gasteiger partial charge in [0.2, 0.25) is 0 Å². The van der Waals surface area contributed by atoms with Gasteiger partial charge in [0, 0.05) is 19.2 Å². The highest BCUT2D eigenvalue weighted by Crippen LogP contribution is 2.22. The third-order valence-corrected chi connectivity index (χ3v) is 3.15. The summed E-state index contributed by atoms with van der Waals surface area (Å²) < 4.78 is 28.0. The van der Waals surface area contributed by atoms with Crippen LogP contribution in [0.4, 0.5) is 14.5 Å². The van der Waals surface area contributed by atoms with Crippen LogP contribution in [0.5, 0.6) is 0 Å². The van der Waals surface area contributed by atoms with Crippen molar-refractivity contribution < 1.29 is 8.78 Å². The average Bonchev–Trinajstić information content (AvgIpc) is 2.56. The minimum absolute atomic E-state index is 0.106. The molecule has 0 fully saturated rings. The maximum absolute atomic E-state index is 13.4. The number of benzene rings is 1. The molecule has 2 aromatic rings. The van der Waals surface area contributed by atoms with E-state index in [1.165, 1.54) is 16.8 Å². The van der Waals surface area contributed by atoms with E-state index in [1.54, 1.807) is 7.05 Å². The zero-order chi connectivity index (χ0) is 13.3. The third-order valence-electron chi connectivity index (χ3n) is 2.68. The summed E-state index contributed by atoms with van der Waals surface area (Å²) >= 11 is 6.04. The van der Waals surface area contributed by atoms with Gasteiger partial charge in [-0.3, -0.25) is 4.68 Å². The van der Waals surface area contributed by atoms with Crippen LogP contribution in [-0.4, -0.2) is 9.78 Å². The van der Waals surface area contributed by atoms with Crippen LogP contribution in [0.15, 0.2) is 18.2 Å². The molecule has 6 heteroatoms. The first-order valence-corrected chi connectivity index (χ1v) is 5.74. The van der Waals surface area contributed by atoms with Gasteiger partial charge in [0.1, 0.15) is 5.15 Å². The van der Waals surface area contributed by atoms with Crippen molar-refractivity contribution in [3.05, 3.63) is 46.2 Å². The molecule has 2 rings (SSSR count). The van der Waals surface area contributed by atoms with Crippen LogP contribution < -0.4 is 5.32 Å². The Morgan fingerprint density at radius 3 is 2.72 bits per heavy atom. The summed E-state index contributed by atoms with van der Waals surface area (Å²) in [5.74, 6) is -1.77. The lowest BCUT2D eigenvalue weighted by Crippen LogP contribution is -2.03. The third kappa shape index (κ3) is 2.31. The Morgan fingerprint density at radius 1 is 1.39 bits per heavy atom. The molecule has 0 bridgehead atoms. The summed E-state index contributed by atoms with van der Waals surface area (Å²) in [5.41, 5.74) is 1.63. The molecule has 0 aliphatic carbocycles.